The molecule has 0 aliphatic rings. The Kier molecular flexibility index (Phi) is 20.8. The van der Waals surface area contributed by atoms with E-state index in [1.165, 1.54) is 0 Å². The number of carboxylic acid groups (broad SMARTS) is 1. The van der Waals surface area contributed by atoms with E-state index in [0.717, 1.165) is 23.1 Å². The third-order valence-electron chi connectivity index (χ3n) is 4.54. The molecule has 0 spiro atoms. The zero-order chi connectivity index (χ0) is 29.8. The molecule has 0 amide bonds. The second-order valence-electron chi connectivity index (χ2n) is 9.38. The van der Waals surface area contributed by atoms with Crippen LogP contribution in [0.1, 0.15) is 49.0 Å². The number of hydrogen-bond donors (Lipinski definition) is 4. The van der Waals surface area contributed by atoms with Gasteiger partial charge in [-0.25, -0.2) is 0 Å². The van der Waals surface area contributed by atoms with Crippen LogP contribution in [0.5, 0.6) is 17.2 Å². The molecule has 8 nitrogen and oxygen atoms in total. The maximum Gasteiger partial charge on any atom is 0.325 e. The van der Waals surface area contributed by atoms with Crippen LogP contribution in [-0.4, -0.2) is 44.5 Å². The normalized spacial score (nSPS) is 10.1. The second-order valence-corrected chi connectivity index (χ2v) is 9.38. The minimum Gasteiger partial charge on any atom is -0.495 e. The Bertz CT molecular complexity index is 1070. The van der Waals surface area contributed by atoms with E-state index in [1.807, 2.05) is 54.6 Å². The van der Waals surface area contributed by atoms with Gasteiger partial charge in [-0.15, -0.1) is 0 Å². The monoisotopic (exact) mass is 557 g/mol. The Morgan fingerprint density at radius 3 is 1.35 bits per heavy atom. The summed E-state index contributed by atoms with van der Waals surface area (Å²) in [6.45, 7) is 12.3. The molecule has 40 heavy (non-hydrogen) atoms. The first-order chi connectivity index (χ1) is 18.5. The van der Waals surface area contributed by atoms with Crippen molar-refractivity contribution in [2.45, 2.75) is 61.1 Å². The van der Waals surface area contributed by atoms with E-state index in [1.54, 1.807) is 46.5 Å². The second kappa shape index (κ2) is 21.8. The average Bonchev–Trinajstić information content (AvgIpc) is 2.89. The largest absolute Gasteiger partial charge is 0.495 e. The van der Waals surface area contributed by atoms with Crippen LogP contribution in [0.15, 0.2) is 72.8 Å². The Labute approximate surface area is 241 Å². The highest BCUT2D eigenvalue weighted by Gasteiger charge is 2.12. The molecule has 0 saturated carbocycles. The molecule has 5 N–H and O–H groups in total. The van der Waals surface area contributed by atoms with Crippen molar-refractivity contribution in [1.82, 2.24) is 0 Å². The minimum atomic E-state index is -0.893. The highest BCUT2D eigenvalue weighted by Crippen LogP contribution is 2.24. The van der Waals surface area contributed by atoms with Gasteiger partial charge in [0.05, 0.1) is 38.4 Å². The molecule has 0 aliphatic carbocycles. The lowest BCUT2D eigenvalue weighted by Gasteiger charge is -2.13. The van der Waals surface area contributed by atoms with Gasteiger partial charge in [-0.3, -0.25) is 4.79 Å². The molecule has 8 heteroatoms. The molecule has 1 atom stereocenters. The number of methoxy groups -OCH3 is 3. The van der Waals surface area contributed by atoms with E-state index in [4.69, 9.17) is 25.1 Å². The van der Waals surface area contributed by atoms with Crippen molar-refractivity contribution in [3.05, 3.63) is 72.8 Å². The van der Waals surface area contributed by atoms with Gasteiger partial charge in [-0.05, 0) is 63.1 Å². The van der Waals surface area contributed by atoms with E-state index < -0.39 is 12.0 Å². The van der Waals surface area contributed by atoms with Crippen molar-refractivity contribution in [3.8, 4) is 17.2 Å². The zero-order valence-electron chi connectivity index (χ0n) is 24.8. The maximum absolute atomic E-state index is 10.6. The van der Waals surface area contributed by atoms with Crippen LogP contribution in [0, 0.1) is 5.92 Å². The summed E-state index contributed by atoms with van der Waals surface area (Å²) in [7, 11) is 4.83. The van der Waals surface area contributed by atoms with E-state index in [2.05, 4.69) is 45.3 Å². The van der Waals surface area contributed by atoms with Crippen LogP contribution < -0.4 is 30.6 Å². The fraction of sp³-hybridized carbons (Fsp3) is 0.406. The molecule has 0 unspecified atom stereocenters. The first-order valence-corrected chi connectivity index (χ1v) is 12.9. The van der Waals surface area contributed by atoms with Gasteiger partial charge in [0.2, 0.25) is 0 Å². The van der Waals surface area contributed by atoms with Gasteiger partial charge >= 0.3 is 5.97 Å². The smallest absolute Gasteiger partial charge is 0.325 e. The number of benzene rings is 3. The van der Waals surface area contributed by atoms with Crippen LogP contribution in [0.4, 0.5) is 17.1 Å². The number of hydrogen-bond acceptors (Lipinski definition) is 7. The number of ether oxygens (including phenoxy) is 3. The van der Waals surface area contributed by atoms with Crippen LogP contribution >= 0.6 is 0 Å². The maximum atomic E-state index is 10.6. The lowest BCUT2D eigenvalue weighted by atomic mass is 10.2. The predicted molar refractivity (Wildman–Crippen MR) is 170 cm³/mol. The van der Waals surface area contributed by atoms with Crippen LogP contribution in [0.2, 0.25) is 0 Å². The van der Waals surface area contributed by atoms with Crippen molar-refractivity contribution < 1.29 is 24.1 Å². The quantitative estimate of drug-likeness (QED) is 0.209. The highest BCUT2D eigenvalue weighted by atomic mass is 16.5. The first-order valence-electron chi connectivity index (χ1n) is 12.9. The summed E-state index contributed by atoms with van der Waals surface area (Å²) in [4.78, 5) is 10.6. The number of nitrogen functional groups attached to an aromatic ring is 1. The SMILES string of the molecule is C.CC(C)C.COc1ccccc1N.COc1ccccc1NC(C)C.COc1ccccc1N[C@@H](C)C(=O)O. The highest BCUT2D eigenvalue weighted by molar-refractivity contribution is 5.77. The fourth-order valence-corrected chi connectivity index (χ4v) is 2.80. The average molecular weight is 558 g/mol. The molecule has 0 aliphatic heterocycles. The van der Waals surface area contributed by atoms with Crippen LogP contribution in [0.25, 0.3) is 0 Å². The van der Waals surface area contributed by atoms with E-state index in [9.17, 15) is 4.79 Å². The van der Waals surface area contributed by atoms with Crippen LogP contribution in [0.3, 0.4) is 0 Å². The summed E-state index contributed by atoms with van der Waals surface area (Å²) in [6, 6.07) is 22.3. The lowest BCUT2D eigenvalue weighted by molar-refractivity contribution is -0.137. The molecule has 0 saturated heterocycles. The Hall–Kier alpha value is -4.07. The molecule has 3 rings (SSSR count). The van der Waals surface area contributed by atoms with Gasteiger partial charge in [0, 0.05) is 6.04 Å². The zero-order valence-corrected chi connectivity index (χ0v) is 24.8. The summed E-state index contributed by atoms with van der Waals surface area (Å²) in [5.74, 6) is 2.21. The van der Waals surface area contributed by atoms with Gasteiger partial charge in [0.15, 0.2) is 0 Å². The molecule has 3 aromatic carbocycles. The third kappa shape index (κ3) is 16.7. The van der Waals surface area contributed by atoms with Gasteiger partial charge < -0.3 is 35.7 Å². The van der Waals surface area contributed by atoms with Crippen LogP contribution in [-0.2, 0) is 4.79 Å². The van der Waals surface area contributed by atoms with E-state index >= 15 is 0 Å². The van der Waals surface area contributed by atoms with Gasteiger partial charge in [-0.1, -0.05) is 64.6 Å². The van der Waals surface area contributed by atoms with Crippen molar-refractivity contribution in [2.75, 3.05) is 37.7 Å². The summed E-state index contributed by atoms with van der Waals surface area (Å²) < 4.78 is 15.2. The number of nitrogens with one attached hydrogen (secondary N) is 2. The third-order valence-corrected chi connectivity index (χ3v) is 4.54. The molecular weight excluding hydrogens is 506 g/mol. The molecule has 0 fully saturated rings. The Morgan fingerprint density at radius 2 is 1.02 bits per heavy atom. The number of anilines is 3. The number of nitrogens with two attached hydrogens (primary N) is 1. The number of carboxylic acids is 1. The summed E-state index contributed by atoms with van der Waals surface area (Å²) >= 11 is 0. The molecule has 0 radical (unpaired) electrons. The molecule has 0 heterocycles. The number of aliphatic carboxylic acids is 1. The van der Waals surface area contributed by atoms with Crippen molar-refractivity contribution in [3.63, 3.8) is 0 Å². The van der Waals surface area contributed by atoms with Gasteiger partial charge in [0.25, 0.3) is 0 Å². The molecular formula is C32H51N3O5. The Morgan fingerprint density at radius 1 is 0.675 bits per heavy atom. The van der Waals surface area contributed by atoms with Gasteiger partial charge in [0.1, 0.15) is 23.3 Å². The summed E-state index contributed by atoms with van der Waals surface area (Å²) in [5.41, 5.74) is 7.92. The summed E-state index contributed by atoms with van der Waals surface area (Å²) in [6.07, 6.45) is 0. The fourth-order valence-electron chi connectivity index (χ4n) is 2.80. The Balaban J connectivity index is 0. The first kappa shape index (κ1) is 38.1. The molecule has 224 valence electrons. The lowest BCUT2D eigenvalue weighted by Crippen LogP contribution is -2.25. The number of para-hydroxylation sites is 6. The molecule has 3 aromatic rings. The van der Waals surface area contributed by atoms with Gasteiger partial charge in [-0.2, -0.15) is 0 Å². The summed E-state index contributed by atoms with van der Waals surface area (Å²) in [5, 5.41) is 14.8. The predicted octanol–water partition coefficient (Wildman–Crippen LogP) is 7.67. The number of rotatable bonds is 8. The minimum absolute atomic E-state index is 0. The molecule has 0 aromatic heterocycles. The molecule has 0 bridgehead atoms. The topological polar surface area (TPSA) is 115 Å². The van der Waals surface area contributed by atoms with Crippen molar-refractivity contribution in [1.29, 1.82) is 0 Å². The van der Waals surface area contributed by atoms with Crippen molar-refractivity contribution in [2.24, 2.45) is 5.92 Å². The van der Waals surface area contributed by atoms with E-state index in [-0.39, 0.29) is 7.43 Å². The van der Waals surface area contributed by atoms with E-state index in [0.29, 0.717) is 23.2 Å². The standard InChI is InChI=1S/C10H13NO3.C10H15NO.C7H9NO.C4H10.CH4/c1-7(10(12)13)11-8-5-3-4-6-9(8)14-2;1-8(2)11-9-6-4-5-7-10(9)12-3;1-9-7-5-3-2-4-6(7)8;1-4(2)3;/h3-7,11H,1-2H3,(H,12,13);4-8,11H,1-3H3;2-5H,8H2,1H3;4H,1-3H3;1H4/t7-;;;;/m0..../s1. The van der Waals surface area contributed by atoms with Crippen molar-refractivity contribution >= 4 is 23.0 Å². The number of carbonyl (C=O) groups is 1.